The molecule has 0 saturated carbocycles. The lowest BCUT2D eigenvalue weighted by atomic mass is 10.1. The van der Waals surface area contributed by atoms with E-state index in [4.69, 9.17) is 0 Å². The molecule has 2 rings (SSSR count). The highest BCUT2D eigenvalue weighted by atomic mass is 32.1. The van der Waals surface area contributed by atoms with E-state index in [0.29, 0.717) is 18.0 Å². The Morgan fingerprint density at radius 3 is 2.94 bits per heavy atom. The molecule has 0 amide bonds. The smallest absolute Gasteiger partial charge is 0.0953 e. The molecule has 0 bridgehead atoms. The van der Waals surface area contributed by atoms with Crippen LogP contribution in [0.5, 0.6) is 0 Å². The van der Waals surface area contributed by atoms with Crippen LogP contribution < -0.4 is 5.32 Å². The van der Waals surface area contributed by atoms with Crippen molar-refractivity contribution in [2.24, 2.45) is 0 Å². The summed E-state index contributed by atoms with van der Waals surface area (Å²) in [6.07, 6.45) is 2.05. The Hall–Kier alpha value is -0.450. The van der Waals surface area contributed by atoms with E-state index in [0.717, 1.165) is 19.6 Å². The van der Waals surface area contributed by atoms with E-state index in [1.54, 1.807) is 0 Å². The zero-order valence-corrected chi connectivity index (χ0v) is 12.0. The van der Waals surface area contributed by atoms with Crippen molar-refractivity contribution in [2.75, 3.05) is 13.1 Å². The lowest BCUT2D eigenvalue weighted by Gasteiger charge is -2.37. The molecule has 1 fully saturated rings. The normalized spacial score (nSPS) is 26.6. The number of rotatable bonds is 3. The average Bonchev–Trinajstić information content (AvgIpc) is 2.72. The fourth-order valence-corrected chi connectivity index (χ4v) is 3.13. The van der Waals surface area contributed by atoms with Gasteiger partial charge < -0.3 is 5.32 Å². The molecule has 2 unspecified atom stereocenters. The van der Waals surface area contributed by atoms with Crippen molar-refractivity contribution in [1.29, 1.82) is 0 Å². The van der Waals surface area contributed by atoms with E-state index >= 15 is 0 Å². The molecular formula is C13H23N3S. The number of nitrogens with one attached hydrogen (secondary N) is 1. The average molecular weight is 253 g/mol. The first-order valence-corrected chi connectivity index (χ1v) is 7.30. The Balaban J connectivity index is 1.98. The summed E-state index contributed by atoms with van der Waals surface area (Å²) in [5, 5.41) is 4.78. The standard InChI is InChI=1S/C13H23N3S/c1-9(2)13-15-6-12(17-13)8-16-7-10(3)14-5-11(16)4/h6,9-11,14H,5,7-8H2,1-4H3. The quantitative estimate of drug-likeness (QED) is 0.897. The van der Waals surface area contributed by atoms with E-state index in [1.807, 2.05) is 11.3 Å². The van der Waals surface area contributed by atoms with Crippen LogP contribution >= 0.6 is 11.3 Å². The summed E-state index contributed by atoms with van der Waals surface area (Å²) in [7, 11) is 0. The van der Waals surface area contributed by atoms with Gasteiger partial charge in [0.05, 0.1) is 5.01 Å². The van der Waals surface area contributed by atoms with Gasteiger partial charge >= 0.3 is 0 Å². The van der Waals surface area contributed by atoms with Crippen LogP contribution in [0.15, 0.2) is 6.20 Å². The van der Waals surface area contributed by atoms with E-state index in [-0.39, 0.29) is 0 Å². The van der Waals surface area contributed by atoms with E-state index in [2.05, 4.69) is 49.1 Å². The Kier molecular flexibility index (Phi) is 4.17. The minimum Gasteiger partial charge on any atom is -0.311 e. The van der Waals surface area contributed by atoms with Gasteiger partial charge in [0.25, 0.3) is 0 Å². The van der Waals surface area contributed by atoms with Crippen molar-refractivity contribution in [3.63, 3.8) is 0 Å². The molecule has 4 heteroatoms. The largest absolute Gasteiger partial charge is 0.311 e. The maximum Gasteiger partial charge on any atom is 0.0953 e. The summed E-state index contributed by atoms with van der Waals surface area (Å²) in [6, 6.07) is 1.22. The lowest BCUT2D eigenvalue weighted by Crippen LogP contribution is -2.53. The van der Waals surface area contributed by atoms with Gasteiger partial charge in [-0.3, -0.25) is 4.90 Å². The van der Waals surface area contributed by atoms with Crippen LogP contribution in [-0.2, 0) is 6.54 Å². The van der Waals surface area contributed by atoms with Crippen molar-refractivity contribution >= 4 is 11.3 Å². The number of thiazole rings is 1. The zero-order chi connectivity index (χ0) is 12.4. The van der Waals surface area contributed by atoms with Gasteiger partial charge in [0, 0.05) is 48.7 Å². The van der Waals surface area contributed by atoms with Crippen molar-refractivity contribution < 1.29 is 0 Å². The van der Waals surface area contributed by atoms with Crippen molar-refractivity contribution in [3.8, 4) is 0 Å². The van der Waals surface area contributed by atoms with Gasteiger partial charge in [-0.25, -0.2) is 4.98 Å². The third kappa shape index (κ3) is 3.27. The van der Waals surface area contributed by atoms with Gasteiger partial charge in [0.2, 0.25) is 0 Å². The third-order valence-electron chi connectivity index (χ3n) is 3.32. The van der Waals surface area contributed by atoms with Crippen molar-refractivity contribution in [3.05, 3.63) is 16.1 Å². The predicted molar refractivity (Wildman–Crippen MR) is 73.5 cm³/mol. The van der Waals surface area contributed by atoms with Crippen LogP contribution in [-0.4, -0.2) is 35.1 Å². The minimum absolute atomic E-state index is 0.549. The molecule has 0 aliphatic carbocycles. The molecule has 2 atom stereocenters. The highest BCUT2D eigenvalue weighted by molar-refractivity contribution is 7.11. The summed E-state index contributed by atoms with van der Waals surface area (Å²) in [4.78, 5) is 8.45. The van der Waals surface area contributed by atoms with E-state index in [1.165, 1.54) is 9.88 Å². The number of aromatic nitrogens is 1. The summed E-state index contributed by atoms with van der Waals surface area (Å²) in [5.74, 6) is 0.549. The zero-order valence-electron chi connectivity index (χ0n) is 11.2. The van der Waals surface area contributed by atoms with Crippen molar-refractivity contribution in [1.82, 2.24) is 15.2 Å². The molecule has 17 heavy (non-hydrogen) atoms. The van der Waals surface area contributed by atoms with Gasteiger partial charge in [-0.2, -0.15) is 0 Å². The number of hydrogen-bond acceptors (Lipinski definition) is 4. The fourth-order valence-electron chi connectivity index (χ4n) is 2.18. The van der Waals surface area contributed by atoms with Crippen LogP contribution in [0.2, 0.25) is 0 Å². The maximum atomic E-state index is 4.50. The summed E-state index contributed by atoms with van der Waals surface area (Å²) in [6.45, 7) is 12.2. The van der Waals surface area contributed by atoms with E-state index in [9.17, 15) is 0 Å². The first-order chi connectivity index (χ1) is 8.06. The predicted octanol–water partition coefficient (Wildman–Crippen LogP) is 2.45. The second-order valence-electron chi connectivity index (χ2n) is 5.41. The topological polar surface area (TPSA) is 28.2 Å². The highest BCUT2D eigenvalue weighted by Gasteiger charge is 2.22. The molecule has 1 aliphatic rings. The monoisotopic (exact) mass is 253 g/mol. The van der Waals surface area contributed by atoms with Gasteiger partial charge in [0.1, 0.15) is 0 Å². The highest BCUT2D eigenvalue weighted by Crippen LogP contribution is 2.23. The Morgan fingerprint density at radius 1 is 1.53 bits per heavy atom. The van der Waals surface area contributed by atoms with Crippen molar-refractivity contribution in [2.45, 2.75) is 52.2 Å². The number of hydrogen-bond donors (Lipinski definition) is 1. The van der Waals surface area contributed by atoms with Gasteiger partial charge in [-0.05, 0) is 13.8 Å². The van der Waals surface area contributed by atoms with Crippen LogP contribution in [0.3, 0.4) is 0 Å². The molecule has 1 aliphatic heterocycles. The fraction of sp³-hybridized carbons (Fsp3) is 0.769. The summed E-state index contributed by atoms with van der Waals surface area (Å²) >= 11 is 1.86. The summed E-state index contributed by atoms with van der Waals surface area (Å²) < 4.78 is 0. The molecule has 0 spiro atoms. The first kappa shape index (κ1) is 13.0. The molecule has 3 nitrogen and oxygen atoms in total. The molecule has 1 saturated heterocycles. The van der Waals surface area contributed by atoms with E-state index < -0.39 is 0 Å². The van der Waals surface area contributed by atoms with Crippen LogP contribution in [0.4, 0.5) is 0 Å². The Labute approximate surface area is 108 Å². The maximum absolute atomic E-state index is 4.50. The molecule has 1 aromatic heterocycles. The van der Waals surface area contributed by atoms with Crippen LogP contribution in [0.1, 0.15) is 43.5 Å². The molecule has 0 aromatic carbocycles. The van der Waals surface area contributed by atoms with Crippen LogP contribution in [0.25, 0.3) is 0 Å². The number of nitrogens with zero attached hydrogens (tertiary/aromatic N) is 2. The van der Waals surface area contributed by atoms with Gasteiger partial charge in [0.15, 0.2) is 0 Å². The molecule has 1 N–H and O–H groups in total. The Morgan fingerprint density at radius 2 is 2.29 bits per heavy atom. The molecule has 96 valence electrons. The molecule has 1 aromatic rings. The number of piperazine rings is 1. The Bertz CT molecular complexity index is 361. The minimum atomic E-state index is 0.549. The second kappa shape index (κ2) is 5.46. The molecule has 0 radical (unpaired) electrons. The second-order valence-corrected chi connectivity index (χ2v) is 6.55. The molecule has 2 heterocycles. The SMILES string of the molecule is CC1CN(Cc2cnc(C(C)C)s2)C(C)CN1. The van der Waals surface area contributed by atoms with Gasteiger partial charge in [-0.15, -0.1) is 11.3 Å². The molecular weight excluding hydrogens is 230 g/mol. The first-order valence-electron chi connectivity index (χ1n) is 6.48. The van der Waals surface area contributed by atoms with Crippen LogP contribution in [0, 0.1) is 0 Å². The third-order valence-corrected chi connectivity index (χ3v) is 4.60. The summed E-state index contributed by atoms with van der Waals surface area (Å²) in [5.41, 5.74) is 0. The van der Waals surface area contributed by atoms with Gasteiger partial charge in [-0.1, -0.05) is 13.8 Å². The lowest BCUT2D eigenvalue weighted by molar-refractivity contribution is 0.140.